The minimum Gasteiger partial charge on any atom is -0.352 e. The lowest BCUT2D eigenvalue weighted by Crippen LogP contribution is -2.37. The van der Waals surface area contributed by atoms with E-state index in [4.69, 9.17) is 0 Å². The fourth-order valence-corrected chi connectivity index (χ4v) is 2.95. The smallest absolute Gasteiger partial charge is 0.275 e. The molecule has 1 saturated carbocycles. The quantitative estimate of drug-likeness (QED) is 0.919. The Balaban J connectivity index is 1.80. The van der Waals surface area contributed by atoms with Crippen molar-refractivity contribution in [2.24, 2.45) is 7.05 Å². The van der Waals surface area contributed by atoms with Crippen LogP contribution in [-0.2, 0) is 18.4 Å². The molecule has 0 atom stereocenters. The van der Waals surface area contributed by atoms with Gasteiger partial charge in [-0.3, -0.25) is 9.59 Å². The van der Waals surface area contributed by atoms with Crippen molar-refractivity contribution in [1.82, 2.24) is 14.5 Å². The first kappa shape index (κ1) is 13.0. The van der Waals surface area contributed by atoms with Gasteiger partial charge in [-0.1, -0.05) is 12.8 Å². The van der Waals surface area contributed by atoms with Crippen LogP contribution in [0.2, 0.25) is 0 Å². The average molecular weight is 273 g/mol. The molecule has 0 saturated heterocycles. The fourth-order valence-electron chi connectivity index (χ4n) is 2.95. The summed E-state index contributed by atoms with van der Waals surface area (Å²) in [6.45, 7) is 0.0937. The summed E-state index contributed by atoms with van der Waals surface area (Å²) in [5, 5.41) is 3.91. The van der Waals surface area contributed by atoms with E-state index >= 15 is 0 Å². The molecule has 5 nitrogen and oxygen atoms in total. The van der Waals surface area contributed by atoms with Crippen molar-refractivity contribution in [3.63, 3.8) is 0 Å². The SMILES string of the molecule is Cn1ccc2ccn(CC(=O)NC3CCCC3)c(=O)c21. The first-order chi connectivity index (χ1) is 9.65. The fraction of sp³-hybridized carbons (Fsp3) is 0.467. The summed E-state index contributed by atoms with van der Waals surface area (Å²) in [6.07, 6.45) is 8.02. The Morgan fingerprint density at radius 1 is 1.30 bits per heavy atom. The highest BCUT2D eigenvalue weighted by Gasteiger charge is 2.17. The van der Waals surface area contributed by atoms with Crippen LogP contribution < -0.4 is 10.9 Å². The highest BCUT2D eigenvalue weighted by atomic mass is 16.2. The molecule has 5 heteroatoms. The Morgan fingerprint density at radius 3 is 2.75 bits per heavy atom. The Kier molecular flexibility index (Phi) is 3.34. The molecule has 20 heavy (non-hydrogen) atoms. The van der Waals surface area contributed by atoms with Gasteiger partial charge in [-0.05, 0) is 25.0 Å². The van der Waals surface area contributed by atoms with Crippen LogP contribution in [0.25, 0.3) is 10.9 Å². The number of carbonyl (C=O) groups excluding carboxylic acids is 1. The number of hydrogen-bond acceptors (Lipinski definition) is 2. The number of amides is 1. The summed E-state index contributed by atoms with van der Waals surface area (Å²) >= 11 is 0. The van der Waals surface area contributed by atoms with Gasteiger partial charge in [-0.25, -0.2) is 0 Å². The molecule has 106 valence electrons. The third kappa shape index (κ3) is 2.35. The number of aryl methyl sites for hydroxylation is 1. The number of fused-ring (bicyclic) bond motifs is 1. The van der Waals surface area contributed by atoms with Gasteiger partial charge in [0, 0.05) is 30.9 Å². The molecule has 3 rings (SSSR count). The van der Waals surface area contributed by atoms with Gasteiger partial charge in [-0.2, -0.15) is 0 Å². The van der Waals surface area contributed by atoms with Gasteiger partial charge in [0.05, 0.1) is 0 Å². The average Bonchev–Trinajstić information content (AvgIpc) is 3.03. The van der Waals surface area contributed by atoms with Crippen LogP contribution in [0.3, 0.4) is 0 Å². The Hall–Kier alpha value is -2.04. The Labute approximate surface area is 117 Å². The molecule has 0 spiro atoms. The summed E-state index contributed by atoms with van der Waals surface area (Å²) in [5.41, 5.74) is 0.526. The highest BCUT2D eigenvalue weighted by molar-refractivity contribution is 5.80. The third-order valence-corrected chi connectivity index (χ3v) is 4.04. The largest absolute Gasteiger partial charge is 0.352 e. The van der Waals surface area contributed by atoms with Crippen molar-refractivity contribution in [3.05, 3.63) is 34.9 Å². The number of rotatable bonds is 3. The molecule has 1 amide bonds. The van der Waals surface area contributed by atoms with Crippen LogP contribution >= 0.6 is 0 Å². The van der Waals surface area contributed by atoms with E-state index in [-0.39, 0.29) is 24.1 Å². The number of nitrogens with one attached hydrogen (secondary N) is 1. The second-order valence-electron chi connectivity index (χ2n) is 5.53. The van der Waals surface area contributed by atoms with E-state index < -0.39 is 0 Å². The number of aromatic nitrogens is 2. The monoisotopic (exact) mass is 273 g/mol. The molecule has 1 fully saturated rings. The van der Waals surface area contributed by atoms with Crippen molar-refractivity contribution in [1.29, 1.82) is 0 Å². The van der Waals surface area contributed by atoms with Gasteiger partial charge in [0.1, 0.15) is 12.1 Å². The molecule has 1 N–H and O–H groups in total. The summed E-state index contributed by atoms with van der Waals surface area (Å²) in [7, 11) is 1.84. The van der Waals surface area contributed by atoms with Crippen LogP contribution in [0.15, 0.2) is 29.3 Å². The molecule has 1 aliphatic rings. The lowest BCUT2D eigenvalue weighted by atomic mass is 10.2. The maximum atomic E-state index is 12.3. The zero-order valence-corrected chi connectivity index (χ0v) is 11.6. The normalized spacial score (nSPS) is 15.8. The molecule has 0 aliphatic heterocycles. The predicted octanol–water partition coefficient (Wildman–Crippen LogP) is 1.40. The summed E-state index contributed by atoms with van der Waals surface area (Å²) in [6, 6.07) is 4.07. The van der Waals surface area contributed by atoms with Crippen molar-refractivity contribution in [2.75, 3.05) is 0 Å². The molecule has 0 bridgehead atoms. The maximum Gasteiger partial charge on any atom is 0.275 e. The first-order valence-corrected chi connectivity index (χ1v) is 7.09. The molecule has 2 heterocycles. The first-order valence-electron chi connectivity index (χ1n) is 7.09. The molecular weight excluding hydrogens is 254 g/mol. The molecule has 1 aliphatic carbocycles. The standard InChI is InChI=1S/C15H19N3O2/c1-17-8-6-11-7-9-18(15(20)14(11)17)10-13(19)16-12-4-2-3-5-12/h6-9,12H,2-5,10H2,1H3,(H,16,19). The summed E-state index contributed by atoms with van der Waals surface area (Å²) < 4.78 is 3.27. The van der Waals surface area contributed by atoms with Crippen LogP contribution in [0.4, 0.5) is 0 Å². The molecule has 0 unspecified atom stereocenters. The van der Waals surface area contributed by atoms with Crippen molar-refractivity contribution < 1.29 is 4.79 Å². The lowest BCUT2D eigenvalue weighted by molar-refractivity contribution is -0.122. The van der Waals surface area contributed by atoms with E-state index in [0.717, 1.165) is 18.2 Å². The molecular formula is C15H19N3O2. The van der Waals surface area contributed by atoms with Gasteiger partial charge in [0.15, 0.2) is 0 Å². The summed E-state index contributed by atoms with van der Waals surface area (Å²) in [5.74, 6) is -0.0763. The maximum absolute atomic E-state index is 12.3. The molecule has 2 aromatic heterocycles. The van der Waals surface area contributed by atoms with Crippen LogP contribution in [0.5, 0.6) is 0 Å². The van der Waals surface area contributed by atoms with Gasteiger partial charge in [0.25, 0.3) is 5.56 Å². The second-order valence-corrected chi connectivity index (χ2v) is 5.53. The topological polar surface area (TPSA) is 56.0 Å². The number of nitrogens with zero attached hydrogens (tertiary/aromatic N) is 2. The third-order valence-electron chi connectivity index (χ3n) is 4.04. The van der Waals surface area contributed by atoms with Crippen LogP contribution in [-0.4, -0.2) is 21.1 Å². The van der Waals surface area contributed by atoms with E-state index in [1.165, 1.54) is 17.4 Å². The minimum absolute atomic E-state index is 0.0763. The number of pyridine rings is 1. The van der Waals surface area contributed by atoms with E-state index in [1.807, 2.05) is 25.4 Å². The predicted molar refractivity (Wildman–Crippen MR) is 77.6 cm³/mol. The van der Waals surface area contributed by atoms with E-state index in [1.54, 1.807) is 10.8 Å². The van der Waals surface area contributed by atoms with E-state index in [0.29, 0.717) is 5.52 Å². The van der Waals surface area contributed by atoms with Crippen LogP contribution in [0.1, 0.15) is 25.7 Å². The van der Waals surface area contributed by atoms with E-state index in [2.05, 4.69) is 5.32 Å². The summed E-state index contributed by atoms with van der Waals surface area (Å²) in [4.78, 5) is 24.3. The molecule has 0 radical (unpaired) electrons. The van der Waals surface area contributed by atoms with Crippen molar-refractivity contribution in [2.45, 2.75) is 38.3 Å². The minimum atomic E-state index is -0.114. The molecule has 0 aromatic carbocycles. The van der Waals surface area contributed by atoms with Crippen molar-refractivity contribution >= 4 is 16.8 Å². The lowest BCUT2D eigenvalue weighted by Gasteiger charge is -2.13. The van der Waals surface area contributed by atoms with Gasteiger partial charge >= 0.3 is 0 Å². The molecule has 2 aromatic rings. The van der Waals surface area contributed by atoms with Gasteiger partial charge < -0.3 is 14.5 Å². The highest BCUT2D eigenvalue weighted by Crippen LogP contribution is 2.17. The second kappa shape index (κ2) is 5.15. The van der Waals surface area contributed by atoms with Gasteiger partial charge in [0.2, 0.25) is 5.91 Å². The van der Waals surface area contributed by atoms with Crippen LogP contribution in [0, 0.1) is 0 Å². The van der Waals surface area contributed by atoms with E-state index in [9.17, 15) is 9.59 Å². The number of carbonyl (C=O) groups is 1. The van der Waals surface area contributed by atoms with Crippen molar-refractivity contribution in [3.8, 4) is 0 Å². The number of hydrogen-bond donors (Lipinski definition) is 1. The zero-order chi connectivity index (χ0) is 14.1. The zero-order valence-electron chi connectivity index (χ0n) is 11.6. The Morgan fingerprint density at radius 2 is 2.00 bits per heavy atom. The van der Waals surface area contributed by atoms with Gasteiger partial charge in [-0.15, -0.1) is 0 Å². The Bertz CT molecular complexity index is 693.